The van der Waals surface area contributed by atoms with Crippen LogP contribution >= 0.6 is 0 Å². The number of benzene rings is 1. The van der Waals surface area contributed by atoms with E-state index in [1.807, 2.05) is 0 Å². The molecule has 0 bridgehead atoms. The van der Waals surface area contributed by atoms with E-state index in [9.17, 15) is 9.59 Å². The molecule has 1 amide bonds. The van der Waals surface area contributed by atoms with Crippen LogP contribution in [0.1, 0.15) is 35.6 Å². The molecule has 24 heavy (non-hydrogen) atoms. The van der Waals surface area contributed by atoms with Crippen LogP contribution in [0.15, 0.2) is 30.5 Å². The molecule has 126 valence electrons. The summed E-state index contributed by atoms with van der Waals surface area (Å²) in [6, 6.07) is 6.71. The summed E-state index contributed by atoms with van der Waals surface area (Å²) in [6.45, 7) is 5.06. The van der Waals surface area contributed by atoms with Gasteiger partial charge in [-0.1, -0.05) is 12.1 Å². The molecule has 0 aliphatic heterocycles. The van der Waals surface area contributed by atoms with Crippen molar-refractivity contribution in [2.24, 2.45) is 0 Å². The van der Waals surface area contributed by atoms with Crippen LogP contribution in [0.25, 0.3) is 0 Å². The fourth-order valence-corrected chi connectivity index (χ4v) is 2.02. The van der Waals surface area contributed by atoms with Crippen molar-refractivity contribution in [2.75, 3.05) is 5.73 Å². The van der Waals surface area contributed by atoms with Gasteiger partial charge in [0.1, 0.15) is 17.4 Å². The molecule has 1 atom stereocenters. The van der Waals surface area contributed by atoms with Crippen LogP contribution in [0.2, 0.25) is 0 Å². The third-order valence-corrected chi connectivity index (χ3v) is 3.39. The Bertz CT molecular complexity index is 761. The Hall–Kier alpha value is -2.96. The quantitative estimate of drug-likeness (QED) is 0.781. The summed E-state index contributed by atoms with van der Waals surface area (Å²) in [6.07, 6.45) is 0.861. The first-order valence-corrected chi connectivity index (χ1v) is 7.50. The van der Waals surface area contributed by atoms with E-state index in [0.29, 0.717) is 28.5 Å². The van der Waals surface area contributed by atoms with Gasteiger partial charge in [0.2, 0.25) is 0 Å². The van der Waals surface area contributed by atoms with Gasteiger partial charge in [-0.3, -0.25) is 9.59 Å². The first kappa shape index (κ1) is 17.4. The molecule has 1 heterocycles. The first-order chi connectivity index (χ1) is 11.4. The van der Waals surface area contributed by atoms with E-state index < -0.39 is 6.10 Å². The average Bonchev–Trinajstić information content (AvgIpc) is 2.54. The number of nitrogens with zero attached hydrogens (tertiary/aromatic N) is 2. The third kappa shape index (κ3) is 4.52. The summed E-state index contributed by atoms with van der Waals surface area (Å²) in [5.74, 6) is 1.01. The van der Waals surface area contributed by atoms with E-state index in [1.54, 1.807) is 44.3 Å². The number of rotatable bonds is 6. The maximum Gasteiger partial charge on any atom is 0.261 e. The predicted molar refractivity (Wildman–Crippen MR) is 89.6 cm³/mol. The van der Waals surface area contributed by atoms with Gasteiger partial charge in [0.15, 0.2) is 11.9 Å². The van der Waals surface area contributed by atoms with Crippen LogP contribution in [0, 0.1) is 6.92 Å². The maximum atomic E-state index is 12.1. The number of nitrogens with one attached hydrogen (secondary N) is 1. The Balaban J connectivity index is 1.94. The Kier molecular flexibility index (Phi) is 5.47. The standard InChI is InChI=1S/C17H20N4O3/c1-10(22)13-5-4-6-15(7-13)24-11(2)17(23)20-9-14-8-19-12(3)21-16(14)18/h4-8,11H,9H2,1-3H3,(H,20,23)(H2,18,19,21)/t11-/m0/s1. The lowest BCUT2D eigenvalue weighted by Gasteiger charge is -2.15. The molecule has 3 N–H and O–H groups in total. The summed E-state index contributed by atoms with van der Waals surface area (Å²) >= 11 is 0. The first-order valence-electron chi connectivity index (χ1n) is 7.50. The van der Waals surface area contributed by atoms with E-state index in [0.717, 1.165) is 0 Å². The second kappa shape index (κ2) is 7.54. The minimum atomic E-state index is -0.722. The highest BCUT2D eigenvalue weighted by Gasteiger charge is 2.15. The van der Waals surface area contributed by atoms with Crippen molar-refractivity contribution < 1.29 is 14.3 Å². The molecule has 1 aromatic heterocycles. The van der Waals surface area contributed by atoms with Gasteiger partial charge in [-0.05, 0) is 32.9 Å². The number of amides is 1. The molecular weight excluding hydrogens is 308 g/mol. The Morgan fingerprint density at radius 3 is 2.79 bits per heavy atom. The lowest BCUT2D eigenvalue weighted by Crippen LogP contribution is -2.36. The summed E-state index contributed by atoms with van der Waals surface area (Å²) in [7, 11) is 0. The van der Waals surface area contributed by atoms with Gasteiger partial charge >= 0.3 is 0 Å². The molecule has 1 aromatic carbocycles. The monoisotopic (exact) mass is 328 g/mol. The number of nitrogens with two attached hydrogens (primary N) is 1. The SMILES string of the molecule is CC(=O)c1cccc(O[C@@H](C)C(=O)NCc2cnc(C)nc2N)c1. The number of Topliss-reactive ketones (excluding diaryl/α,β-unsaturated/α-hetero) is 1. The number of hydrogen-bond acceptors (Lipinski definition) is 6. The van der Waals surface area contributed by atoms with Crippen molar-refractivity contribution in [3.8, 4) is 5.75 Å². The zero-order valence-electron chi connectivity index (χ0n) is 13.9. The van der Waals surface area contributed by atoms with Gasteiger partial charge < -0.3 is 15.8 Å². The molecule has 7 nitrogen and oxygen atoms in total. The number of ketones is 1. The van der Waals surface area contributed by atoms with Crippen LogP contribution in [0.5, 0.6) is 5.75 Å². The predicted octanol–water partition coefficient (Wildman–Crippen LogP) is 1.65. The van der Waals surface area contributed by atoms with E-state index in [1.165, 1.54) is 6.92 Å². The summed E-state index contributed by atoms with van der Waals surface area (Å²) in [5, 5.41) is 2.73. The number of carbonyl (C=O) groups excluding carboxylic acids is 2. The molecule has 0 unspecified atom stereocenters. The second-order valence-corrected chi connectivity index (χ2v) is 5.39. The topological polar surface area (TPSA) is 107 Å². The maximum absolute atomic E-state index is 12.1. The second-order valence-electron chi connectivity index (χ2n) is 5.39. The lowest BCUT2D eigenvalue weighted by molar-refractivity contribution is -0.127. The summed E-state index contributed by atoms with van der Waals surface area (Å²) in [5.41, 5.74) is 6.96. The van der Waals surface area contributed by atoms with Gasteiger partial charge in [0.25, 0.3) is 5.91 Å². The van der Waals surface area contributed by atoms with Crippen LogP contribution < -0.4 is 15.8 Å². The average molecular weight is 328 g/mol. The zero-order chi connectivity index (χ0) is 17.7. The van der Waals surface area contributed by atoms with E-state index in [2.05, 4.69) is 15.3 Å². The van der Waals surface area contributed by atoms with Crippen molar-refractivity contribution in [1.82, 2.24) is 15.3 Å². The number of carbonyl (C=O) groups is 2. The minimum Gasteiger partial charge on any atom is -0.481 e. The molecule has 0 aliphatic rings. The highest BCUT2D eigenvalue weighted by atomic mass is 16.5. The number of hydrogen-bond donors (Lipinski definition) is 2. The fraction of sp³-hybridized carbons (Fsp3) is 0.294. The number of anilines is 1. The van der Waals surface area contributed by atoms with Crippen molar-refractivity contribution in [1.29, 1.82) is 0 Å². The van der Waals surface area contributed by atoms with E-state index >= 15 is 0 Å². The van der Waals surface area contributed by atoms with Gasteiger partial charge in [-0.2, -0.15) is 0 Å². The largest absolute Gasteiger partial charge is 0.481 e. The number of nitrogen functional groups attached to an aromatic ring is 1. The van der Waals surface area contributed by atoms with Crippen molar-refractivity contribution in [3.63, 3.8) is 0 Å². The third-order valence-electron chi connectivity index (χ3n) is 3.39. The molecule has 0 fully saturated rings. The van der Waals surface area contributed by atoms with Crippen LogP contribution in [-0.4, -0.2) is 27.8 Å². The van der Waals surface area contributed by atoms with Crippen LogP contribution in [-0.2, 0) is 11.3 Å². The Labute approximate surface area is 140 Å². The van der Waals surface area contributed by atoms with Crippen LogP contribution in [0.4, 0.5) is 5.82 Å². The van der Waals surface area contributed by atoms with Gasteiger partial charge in [-0.15, -0.1) is 0 Å². The highest BCUT2D eigenvalue weighted by Crippen LogP contribution is 2.15. The molecule has 2 rings (SSSR count). The molecule has 0 radical (unpaired) electrons. The summed E-state index contributed by atoms with van der Waals surface area (Å²) < 4.78 is 5.58. The molecular formula is C17H20N4O3. The molecule has 0 spiro atoms. The zero-order valence-corrected chi connectivity index (χ0v) is 13.9. The minimum absolute atomic E-state index is 0.0626. The Morgan fingerprint density at radius 1 is 1.38 bits per heavy atom. The number of aryl methyl sites for hydroxylation is 1. The molecule has 2 aromatic rings. The summed E-state index contributed by atoms with van der Waals surface area (Å²) in [4.78, 5) is 31.6. The smallest absolute Gasteiger partial charge is 0.261 e. The number of aromatic nitrogens is 2. The van der Waals surface area contributed by atoms with Gasteiger partial charge in [0, 0.05) is 23.9 Å². The molecule has 0 aliphatic carbocycles. The normalized spacial score (nSPS) is 11.6. The molecule has 7 heteroatoms. The highest BCUT2D eigenvalue weighted by molar-refractivity contribution is 5.94. The number of ether oxygens (including phenoxy) is 1. The van der Waals surface area contributed by atoms with E-state index in [-0.39, 0.29) is 18.2 Å². The van der Waals surface area contributed by atoms with Crippen molar-refractivity contribution in [3.05, 3.63) is 47.4 Å². The van der Waals surface area contributed by atoms with Gasteiger partial charge in [0.05, 0.1) is 0 Å². The van der Waals surface area contributed by atoms with Crippen molar-refractivity contribution in [2.45, 2.75) is 33.4 Å². The van der Waals surface area contributed by atoms with E-state index in [4.69, 9.17) is 10.5 Å². The Morgan fingerprint density at radius 2 is 2.12 bits per heavy atom. The molecule has 0 saturated carbocycles. The van der Waals surface area contributed by atoms with Crippen LogP contribution in [0.3, 0.4) is 0 Å². The van der Waals surface area contributed by atoms with Gasteiger partial charge in [-0.25, -0.2) is 9.97 Å². The fourth-order valence-electron chi connectivity index (χ4n) is 2.02. The lowest BCUT2D eigenvalue weighted by atomic mass is 10.1. The molecule has 0 saturated heterocycles. The van der Waals surface area contributed by atoms with Crippen molar-refractivity contribution >= 4 is 17.5 Å².